The highest BCUT2D eigenvalue weighted by Crippen LogP contribution is 2.25. The first-order valence-corrected chi connectivity index (χ1v) is 7.57. The average molecular weight is 290 g/mol. The minimum Gasteiger partial charge on any atom is -0.367 e. The third-order valence-electron chi connectivity index (χ3n) is 3.44. The molecule has 21 heavy (non-hydrogen) atoms. The lowest BCUT2D eigenvalue weighted by atomic mass is 10.2. The summed E-state index contributed by atoms with van der Waals surface area (Å²) in [5.41, 5.74) is 2.94. The summed E-state index contributed by atoms with van der Waals surface area (Å²) in [6.07, 6.45) is 0. The van der Waals surface area contributed by atoms with Crippen LogP contribution in [0.15, 0.2) is 0 Å². The molecule has 116 valence electrons. The third-order valence-corrected chi connectivity index (χ3v) is 3.44. The number of fused-ring (bicyclic) bond motifs is 1. The van der Waals surface area contributed by atoms with Crippen LogP contribution in [0.4, 0.5) is 5.82 Å². The van der Waals surface area contributed by atoms with Crippen LogP contribution in [0.5, 0.6) is 0 Å². The molecule has 0 saturated heterocycles. The number of nitrogens with one attached hydrogen (secondary N) is 1. The fourth-order valence-electron chi connectivity index (χ4n) is 2.26. The number of aryl methyl sites for hydroxylation is 2. The Morgan fingerprint density at radius 3 is 2.52 bits per heavy atom. The van der Waals surface area contributed by atoms with E-state index in [1.54, 1.807) is 0 Å². The van der Waals surface area contributed by atoms with Gasteiger partial charge < -0.3 is 10.2 Å². The summed E-state index contributed by atoms with van der Waals surface area (Å²) >= 11 is 0. The first-order chi connectivity index (χ1) is 9.93. The molecule has 0 aliphatic rings. The standard InChI is InChI=1S/C15H26N6/c1-7-21-13-12(11(4)19-21)17-14(10(2)3)18-15(13)16-8-9-20(5)6/h10H,7-9H2,1-6H3,(H,16,17,18). The molecule has 0 amide bonds. The van der Waals surface area contributed by atoms with Gasteiger partial charge in [0.2, 0.25) is 0 Å². The Hall–Kier alpha value is -1.69. The molecule has 0 saturated carbocycles. The van der Waals surface area contributed by atoms with Gasteiger partial charge in [0.1, 0.15) is 16.9 Å². The van der Waals surface area contributed by atoms with Gasteiger partial charge in [-0.1, -0.05) is 13.8 Å². The number of hydrogen-bond donors (Lipinski definition) is 1. The number of rotatable bonds is 6. The van der Waals surface area contributed by atoms with E-state index in [0.29, 0.717) is 5.92 Å². The summed E-state index contributed by atoms with van der Waals surface area (Å²) in [5, 5.41) is 8.02. The Morgan fingerprint density at radius 2 is 1.95 bits per heavy atom. The minimum absolute atomic E-state index is 0.299. The van der Waals surface area contributed by atoms with Gasteiger partial charge in [-0.2, -0.15) is 5.10 Å². The molecule has 0 unspecified atom stereocenters. The lowest BCUT2D eigenvalue weighted by molar-refractivity contribution is 0.425. The second-order valence-electron chi connectivity index (χ2n) is 5.91. The van der Waals surface area contributed by atoms with Gasteiger partial charge in [0, 0.05) is 25.6 Å². The lowest BCUT2D eigenvalue weighted by Gasteiger charge is -2.14. The van der Waals surface area contributed by atoms with Crippen LogP contribution in [-0.2, 0) is 6.54 Å². The van der Waals surface area contributed by atoms with Crippen molar-refractivity contribution in [2.45, 2.75) is 40.2 Å². The van der Waals surface area contributed by atoms with E-state index in [0.717, 1.165) is 48.0 Å². The predicted molar refractivity (Wildman–Crippen MR) is 86.9 cm³/mol. The number of likely N-dealkylation sites (N-methyl/N-ethyl adjacent to an activating group) is 1. The van der Waals surface area contributed by atoms with Crippen LogP contribution >= 0.6 is 0 Å². The lowest BCUT2D eigenvalue weighted by Crippen LogP contribution is -2.21. The van der Waals surface area contributed by atoms with Crippen LogP contribution in [-0.4, -0.2) is 51.8 Å². The molecule has 2 aromatic heterocycles. The van der Waals surface area contributed by atoms with E-state index in [4.69, 9.17) is 9.97 Å². The van der Waals surface area contributed by atoms with E-state index in [1.165, 1.54) is 0 Å². The number of anilines is 1. The molecular formula is C15H26N6. The maximum Gasteiger partial charge on any atom is 0.156 e. The fraction of sp³-hybridized carbons (Fsp3) is 0.667. The Balaban J connectivity index is 2.48. The van der Waals surface area contributed by atoms with E-state index < -0.39 is 0 Å². The van der Waals surface area contributed by atoms with Gasteiger partial charge in [-0.25, -0.2) is 9.97 Å². The Morgan fingerprint density at radius 1 is 1.24 bits per heavy atom. The zero-order chi connectivity index (χ0) is 15.6. The van der Waals surface area contributed by atoms with Gasteiger partial charge in [0.15, 0.2) is 5.82 Å². The Bertz CT molecular complexity index is 614. The molecule has 2 aromatic rings. The molecule has 0 aliphatic carbocycles. The van der Waals surface area contributed by atoms with Gasteiger partial charge in [0.05, 0.1) is 5.69 Å². The van der Waals surface area contributed by atoms with Gasteiger partial charge >= 0.3 is 0 Å². The first-order valence-electron chi connectivity index (χ1n) is 7.57. The second kappa shape index (κ2) is 6.39. The number of nitrogens with zero attached hydrogens (tertiary/aromatic N) is 5. The molecule has 2 heterocycles. The highest BCUT2D eigenvalue weighted by molar-refractivity contribution is 5.87. The molecule has 6 heteroatoms. The number of hydrogen-bond acceptors (Lipinski definition) is 5. The molecule has 0 aromatic carbocycles. The van der Waals surface area contributed by atoms with Crippen LogP contribution in [0.3, 0.4) is 0 Å². The van der Waals surface area contributed by atoms with Gasteiger partial charge in [0.25, 0.3) is 0 Å². The van der Waals surface area contributed by atoms with Crippen molar-refractivity contribution in [2.24, 2.45) is 0 Å². The molecule has 1 N–H and O–H groups in total. The van der Waals surface area contributed by atoms with Gasteiger partial charge in [-0.05, 0) is 27.9 Å². The quantitative estimate of drug-likeness (QED) is 0.884. The molecule has 0 radical (unpaired) electrons. The molecule has 2 rings (SSSR count). The van der Waals surface area contributed by atoms with Crippen molar-refractivity contribution >= 4 is 16.9 Å². The summed E-state index contributed by atoms with van der Waals surface area (Å²) in [6, 6.07) is 0. The van der Waals surface area contributed by atoms with Crippen LogP contribution in [0.25, 0.3) is 11.0 Å². The van der Waals surface area contributed by atoms with Gasteiger partial charge in [-0.15, -0.1) is 0 Å². The molecule has 0 spiro atoms. The van der Waals surface area contributed by atoms with Crippen molar-refractivity contribution < 1.29 is 0 Å². The molecule has 0 atom stereocenters. The highest BCUT2D eigenvalue weighted by atomic mass is 15.3. The zero-order valence-corrected chi connectivity index (χ0v) is 13.9. The van der Waals surface area contributed by atoms with Crippen LogP contribution in [0.1, 0.15) is 38.2 Å². The molecule has 0 aliphatic heterocycles. The third kappa shape index (κ3) is 3.32. The topological polar surface area (TPSA) is 58.9 Å². The highest BCUT2D eigenvalue weighted by Gasteiger charge is 2.17. The SMILES string of the molecule is CCn1nc(C)c2nc(C(C)C)nc(NCCN(C)C)c21. The summed E-state index contributed by atoms with van der Waals surface area (Å²) in [5.74, 6) is 2.06. The normalized spacial score (nSPS) is 11.8. The van der Waals surface area contributed by atoms with Crippen LogP contribution in [0.2, 0.25) is 0 Å². The fourth-order valence-corrected chi connectivity index (χ4v) is 2.26. The van der Waals surface area contributed by atoms with E-state index >= 15 is 0 Å². The van der Waals surface area contributed by atoms with E-state index in [2.05, 4.69) is 50.2 Å². The maximum atomic E-state index is 4.72. The summed E-state index contributed by atoms with van der Waals surface area (Å²) in [6.45, 7) is 11.0. The van der Waals surface area contributed by atoms with E-state index in [9.17, 15) is 0 Å². The van der Waals surface area contributed by atoms with Crippen LogP contribution < -0.4 is 5.32 Å². The monoisotopic (exact) mass is 290 g/mol. The van der Waals surface area contributed by atoms with E-state index in [1.807, 2.05) is 11.6 Å². The van der Waals surface area contributed by atoms with Crippen molar-refractivity contribution in [3.05, 3.63) is 11.5 Å². The van der Waals surface area contributed by atoms with Crippen molar-refractivity contribution in [3.63, 3.8) is 0 Å². The minimum atomic E-state index is 0.299. The Kier molecular flexibility index (Phi) is 4.77. The summed E-state index contributed by atoms with van der Waals surface area (Å²) in [7, 11) is 4.13. The number of aromatic nitrogens is 4. The van der Waals surface area contributed by atoms with Crippen molar-refractivity contribution in [1.29, 1.82) is 0 Å². The predicted octanol–water partition coefficient (Wildman–Crippen LogP) is 2.25. The summed E-state index contributed by atoms with van der Waals surface area (Å²) in [4.78, 5) is 11.6. The zero-order valence-electron chi connectivity index (χ0n) is 13.9. The molecular weight excluding hydrogens is 264 g/mol. The average Bonchev–Trinajstić information content (AvgIpc) is 2.75. The van der Waals surface area contributed by atoms with Crippen molar-refractivity contribution in [3.8, 4) is 0 Å². The molecule has 0 bridgehead atoms. The van der Waals surface area contributed by atoms with E-state index in [-0.39, 0.29) is 0 Å². The first kappa shape index (κ1) is 15.7. The van der Waals surface area contributed by atoms with Crippen molar-refractivity contribution in [2.75, 3.05) is 32.5 Å². The van der Waals surface area contributed by atoms with Gasteiger partial charge in [-0.3, -0.25) is 4.68 Å². The smallest absolute Gasteiger partial charge is 0.156 e. The maximum absolute atomic E-state index is 4.72. The Labute approximate surface area is 126 Å². The molecule has 6 nitrogen and oxygen atoms in total. The second-order valence-corrected chi connectivity index (χ2v) is 5.91. The van der Waals surface area contributed by atoms with Crippen molar-refractivity contribution in [1.82, 2.24) is 24.6 Å². The molecule has 0 fully saturated rings. The summed E-state index contributed by atoms with van der Waals surface area (Å²) < 4.78 is 1.98. The van der Waals surface area contributed by atoms with Crippen LogP contribution in [0, 0.1) is 6.92 Å². The largest absolute Gasteiger partial charge is 0.367 e.